The van der Waals surface area contributed by atoms with Crippen LogP contribution >= 0.6 is 11.8 Å². The minimum absolute atomic E-state index is 0.0885. The number of ether oxygens (including phenoxy) is 1. The summed E-state index contributed by atoms with van der Waals surface area (Å²) in [5.74, 6) is -1.08. The minimum atomic E-state index is -1.11. The normalized spacial score (nSPS) is 13.8. The molecule has 1 rings (SSSR count). The third-order valence-electron chi connectivity index (χ3n) is 2.33. The number of amides is 1. The lowest BCUT2D eigenvalue weighted by Gasteiger charge is -2.28. The predicted octanol–water partition coefficient (Wildman–Crippen LogP) is 2.02. The molecule has 0 radical (unpaired) electrons. The molecule has 0 fully saturated rings. The number of primary amides is 1. The first-order chi connectivity index (χ1) is 7.90. The number of nitrogens with two attached hydrogens (primary N) is 1. The molecule has 1 unspecified atom stereocenters. The molecule has 3 N–H and O–H groups in total. The SMILES string of the molecule is CSC(C)(OC(N)=O)c1ccccc1C(=O)O. The van der Waals surface area contributed by atoms with E-state index in [2.05, 4.69) is 0 Å². The number of hydrogen-bond acceptors (Lipinski definition) is 4. The minimum Gasteiger partial charge on any atom is -0.478 e. The van der Waals surface area contributed by atoms with Gasteiger partial charge in [-0.15, -0.1) is 11.8 Å². The number of aromatic carboxylic acids is 1. The van der Waals surface area contributed by atoms with Crippen LogP contribution in [-0.2, 0) is 9.67 Å². The Bertz CT molecular complexity index is 449. The van der Waals surface area contributed by atoms with Crippen LogP contribution < -0.4 is 5.73 Å². The second-order valence-electron chi connectivity index (χ2n) is 3.42. The molecule has 6 heteroatoms. The van der Waals surface area contributed by atoms with Crippen LogP contribution in [0.1, 0.15) is 22.8 Å². The molecule has 0 bridgehead atoms. The van der Waals surface area contributed by atoms with Gasteiger partial charge in [0.05, 0.1) is 5.56 Å². The molecule has 0 spiro atoms. The number of carbonyl (C=O) groups excluding carboxylic acids is 1. The van der Waals surface area contributed by atoms with Gasteiger partial charge in [-0.25, -0.2) is 9.59 Å². The lowest BCUT2D eigenvalue weighted by molar-refractivity contribution is 0.0673. The van der Waals surface area contributed by atoms with Gasteiger partial charge in [0.2, 0.25) is 0 Å². The van der Waals surface area contributed by atoms with E-state index < -0.39 is 17.0 Å². The van der Waals surface area contributed by atoms with E-state index in [1.165, 1.54) is 17.8 Å². The monoisotopic (exact) mass is 255 g/mol. The highest BCUT2D eigenvalue weighted by Crippen LogP contribution is 2.37. The molecule has 0 saturated heterocycles. The zero-order valence-corrected chi connectivity index (χ0v) is 10.3. The summed E-state index contributed by atoms with van der Waals surface area (Å²) in [5.41, 5.74) is 5.49. The molecule has 17 heavy (non-hydrogen) atoms. The van der Waals surface area contributed by atoms with Crippen molar-refractivity contribution in [3.8, 4) is 0 Å². The van der Waals surface area contributed by atoms with Gasteiger partial charge in [-0.1, -0.05) is 18.2 Å². The first-order valence-corrected chi connectivity index (χ1v) is 5.99. The molecule has 0 saturated carbocycles. The van der Waals surface area contributed by atoms with Crippen LogP contribution in [0.3, 0.4) is 0 Å². The van der Waals surface area contributed by atoms with Gasteiger partial charge in [0.15, 0.2) is 4.93 Å². The van der Waals surface area contributed by atoms with Gasteiger partial charge in [-0.3, -0.25) is 0 Å². The van der Waals surface area contributed by atoms with E-state index in [9.17, 15) is 9.59 Å². The van der Waals surface area contributed by atoms with Gasteiger partial charge in [0.1, 0.15) is 0 Å². The number of carboxylic acid groups (broad SMARTS) is 1. The number of thioether (sulfide) groups is 1. The van der Waals surface area contributed by atoms with Crippen LogP contribution in [0.5, 0.6) is 0 Å². The van der Waals surface area contributed by atoms with Crippen molar-refractivity contribution >= 4 is 23.8 Å². The second kappa shape index (κ2) is 5.09. The number of carboxylic acids is 1. The molecule has 1 amide bonds. The fourth-order valence-corrected chi connectivity index (χ4v) is 2.03. The average Bonchev–Trinajstić information content (AvgIpc) is 2.28. The highest BCUT2D eigenvalue weighted by atomic mass is 32.2. The third-order valence-corrected chi connectivity index (χ3v) is 3.41. The topological polar surface area (TPSA) is 89.6 Å². The predicted molar refractivity (Wildman–Crippen MR) is 64.9 cm³/mol. The number of hydrogen-bond donors (Lipinski definition) is 2. The van der Waals surface area contributed by atoms with Crippen LogP contribution in [0.15, 0.2) is 24.3 Å². The second-order valence-corrected chi connectivity index (χ2v) is 4.61. The van der Waals surface area contributed by atoms with E-state index in [-0.39, 0.29) is 5.56 Å². The van der Waals surface area contributed by atoms with Crippen LogP contribution in [0, 0.1) is 0 Å². The van der Waals surface area contributed by atoms with Gasteiger partial charge in [0.25, 0.3) is 0 Å². The summed E-state index contributed by atoms with van der Waals surface area (Å²) in [7, 11) is 0. The van der Waals surface area contributed by atoms with E-state index in [1.54, 1.807) is 31.4 Å². The first kappa shape index (κ1) is 13.4. The van der Waals surface area contributed by atoms with Crippen molar-refractivity contribution in [3.05, 3.63) is 35.4 Å². The highest BCUT2D eigenvalue weighted by Gasteiger charge is 2.33. The molecular formula is C11H13NO4S. The fraction of sp³-hybridized carbons (Fsp3) is 0.273. The van der Waals surface area contributed by atoms with Crippen molar-refractivity contribution in [2.45, 2.75) is 11.9 Å². The van der Waals surface area contributed by atoms with Crippen molar-refractivity contribution in [1.29, 1.82) is 0 Å². The Hall–Kier alpha value is -1.69. The summed E-state index contributed by atoms with van der Waals surface area (Å²) in [5, 5.41) is 9.08. The van der Waals surface area contributed by atoms with E-state index in [4.69, 9.17) is 15.6 Å². The van der Waals surface area contributed by atoms with E-state index in [0.29, 0.717) is 5.56 Å². The van der Waals surface area contributed by atoms with Crippen molar-refractivity contribution in [3.63, 3.8) is 0 Å². The Morgan fingerprint density at radius 3 is 2.47 bits per heavy atom. The molecule has 92 valence electrons. The summed E-state index contributed by atoms with van der Waals surface area (Å²) in [6.45, 7) is 1.60. The zero-order chi connectivity index (χ0) is 13.1. The maximum absolute atomic E-state index is 11.1. The van der Waals surface area contributed by atoms with E-state index in [1.807, 2.05) is 0 Å². The Kier molecular flexibility index (Phi) is 4.01. The quantitative estimate of drug-likeness (QED) is 0.803. The number of rotatable bonds is 4. The van der Waals surface area contributed by atoms with E-state index in [0.717, 1.165) is 0 Å². The van der Waals surface area contributed by atoms with Gasteiger partial charge in [-0.05, 0) is 19.2 Å². The lowest BCUT2D eigenvalue weighted by atomic mass is 10.0. The summed E-state index contributed by atoms with van der Waals surface area (Å²) < 4.78 is 5.00. The first-order valence-electron chi connectivity index (χ1n) is 4.77. The molecule has 1 aromatic rings. The third kappa shape index (κ3) is 2.91. The Morgan fingerprint density at radius 2 is 2.00 bits per heavy atom. The molecule has 1 atom stereocenters. The van der Waals surface area contributed by atoms with Crippen molar-refractivity contribution in [2.75, 3.05) is 6.26 Å². The van der Waals surface area contributed by atoms with Gasteiger partial charge < -0.3 is 15.6 Å². The molecule has 1 aromatic carbocycles. The fourth-order valence-electron chi connectivity index (χ4n) is 1.46. The maximum atomic E-state index is 11.1. The van der Waals surface area contributed by atoms with E-state index >= 15 is 0 Å². The molecule has 0 aliphatic heterocycles. The standard InChI is InChI=1S/C11H13NO4S/c1-11(17-2,16-10(12)15)8-6-4-3-5-7(8)9(13)14/h3-6H,1-2H3,(H2,12,15)(H,13,14). The van der Waals surface area contributed by atoms with Gasteiger partial charge >= 0.3 is 12.1 Å². The number of carbonyl (C=O) groups is 2. The van der Waals surface area contributed by atoms with Crippen LogP contribution in [0.2, 0.25) is 0 Å². The molecule has 0 aliphatic carbocycles. The Balaban J connectivity index is 3.28. The smallest absolute Gasteiger partial charge is 0.406 e. The summed E-state index contributed by atoms with van der Waals surface area (Å²) in [6.07, 6.45) is 0.767. The molecule has 0 aromatic heterocycles. The molecule has 0 heterocycles. The Morgan fingerprint density at radius 1 is 1.41 bits per heavy atom. The largest absolute Gasteiger partial charge is 0.478 e. The Labute approximate surface area is 103 Å². The lowest BCUT2D eigenvalue weighted by Crippen LogP contribution is -2.30. The van der Waals surface area contributed by atoms with Crippen LogP contribution in [0.4, 0.5) is 4.79 Å². The zero-order valence-electron chi connectivity index (χ0n) is 9.47. The summed E-state index contributed by atoms with van der Waals surface area (Å²) in [6, 6.07) is 6.35. The van der Waals surface area contributed by atoms with Crippen LogP contribution in [0.25, 0.3) is 0 Å². The maximum Gasteiger partial charge on any atom is 0.406 e. The molecule has 5 nitrogen and oxygen atoms in total. The van der Waals surface area contributed by atoms with Crippen molar-refractivity contribution < 1.29 is 19.4 Å². The van der Waals surface area contributed by atoms with Gasteiger partial charge in [-0.2, -0.15) is 0 Å². The number of benzene rings is 1. The van der Waals surface area contributed by atoms with Crippen LogP contribution in [-0.4, -0.2) is 23.4 Å². The highest BCUT2D eigenvalue weighted by molar-refractivity contribution is 7.99. The molecular weight excluding hydrogens is 242 g/mol. The molecule has 0 aliphatic rings. The summed E-state index contributed by atoms with van der Waals surface area (Å²) >= 11 is 1.20. The van der Waals surface area contributed by atoms with Crippen molar-refractivity contribution in [1.82, 2.24) is 0 Å². The summed E-state index contributed by atoms with van der Waals surface area (Å²) in [4.78, 5) is 20.8. The average molecular weight is 255 g/mol. The van der Waals surface area contributed by atoms with Gasteiger partial charge in [0, 0.05) is 5.56 Å². The van der Waals surface area contributed by atoms with Crippen molar-refractivity contribution in [2.24, 2.45) is 5.73 Å².